The molecular weight excluding hydrogens is 404 g/mol. The number of nitrogens with zero attached hydrogens (tertiary/aromatic N) is 2. The van der Waals surface area contributed by atoms with Crippen LogP contribution in [0.2, 0.25) is 0 Å². The Morgan fingerprint density at radius 3 is 2.50 bits per heavy atom. The summed E-state index contributed by atoms with van der Waals surface area (Å²) in [6.07, 6.45) is 6.09. The van der Waals surface area contributed by atoms with Crippen LogP contribution in [0.25, 0.3) is 11.1 Å². The molecule has 0 bridgehead atoms. The van der Waals surface area contributed by atoms with E-state index in [0.29, 0.717) is 0 Å². The highest BCUT2D eigenvalue weighted by atomic mass is 16.7. The predicted octanol–water partition coefficient (Wildman–Crippen LogP) is 4.45. The van der Waals surface area contributed by atoms with Crippen molar-refractivity contribution in [3.05, 3.63) is 72.3 Å². The summed E-state index contributed by atoms with van der Waals surface area (Å²) in [5, 5.41) is 19.4. The third-order valence-corrected chi connectivity index (χ3v) is 5.53. The van der Waals surface area contributed by atoms with Crippen molar-refractivity contribution in [2.45, 2.75) is 44.6 Å². The Kier molecular flexibility index (Phi) is 7.23. The highest BCUT2D eigenvalue weighted by Crippen LogP contribution is 2.25. The number of phenols is 1. The third-order valence-electron chi connectivity index (χ3n) is 5.53. The first-order valence-electron chi connectivity index (χ1n) is 11.0. The molecule has 0 amide bonds. The number of aliphatic hydroxyl groups is 1. The molecule has 1 aliphatic rings. The summed E-state index contributed by atoms with van der Waals surface area (Å²) in [5.41, 5.74) is 2.92. The van der Waals surface area contributed by atoms with Gasteiger partial charge < -0.3 is 24.3 Å². The van der Waals surface area contributed by atoms with Gasteiger partial charge >= 0.3 is 0 Å². The van der Waals surface area contributed by atoms with Crippen LogP contribution in [0.4, 0.5) is 0 Å². The lowest BCUT2D eigenvalue weighted by Gasteiger charge is -2.26. The molecule has 0 saturated carbocycles. The number of aromatic hydroxyl groups is 1. The standard InChI is InChI=1S/C26H28N2O4/c1-19(32-25-4-2-3-17-31-25)26-27-15-16-28(26)23(18-29)12-7-20-5-8-21(9-6-20)22-10-13-24(30)14-11-22/h5-6,8-11,13-16,19,23,25,29-30H,2-4,17-18H2,1H3/t19-,23-,25?/m0/s1. The second-order valence-electron chi connectivity index (χ2n) is 7.86. The summed E-state index contributed by atoms with van der Waals surface area (Å²) in [6.45, 7) is 2.54. The number of aromatic nitrogens is 2. The lowest BCUT2D eigenvalue weighted by Crippen LogP contribution is -2.25. The number of hydrogen-bond acceptors (Lipinski definition) is 5. The van der Waals surface area contributed by atoms with Crippen LogP contribution >= 0.6 is 0 Å². The van der Waals surface area contributed by atoms with Crippen molar-refractivity contribution < 1.29 is 19.7 Å². The summed E-state index contributed by atoms with van der Waals surface area (Å²) in [7, 11) is 0. The summed E-state index contributed by atoms with van der Waals surface area (Å²) in [6, 6.07) is 14.5. The van der Waals surface area contributed by atoms with Gasteiger partial charge in [-0.15, -0.1) is 0 Å². The number of rotatable bonds is 6. The maximum atomic E-state index is 9.98. The molecule has 32 heavy (non-hydrogen) atoms. The van der Waals surface area contributed by atoms with Gasteiger partial charge in [-0.2, -0.15) is 0 Å². The molecule has 1 fully saturated rings. The Bertz CT molecular complexity index is 1060. The van der Waals surface area contributed by atoms with E-state index in [1.165, 1.54) is 0 Å². The molecule has 6 nitrogen and oxygen atoms in total. The van der Waals surface area contributed by atoms with E-state index in [0.717, 1.165) is 48.4 Å². The largest absolute Gasteiger partial charge is 0.508 e. The Morgan fingerprint density at radius 2 is 1.84 bits per heavy atom. The van der Waals surface area contributed by atoms with Crippen LogP contribution in [0.5, 0.6) is 5.75 Å². The summed E-state index contributed by atoms with van der Waals surface area (Å²) in [4.78, 5) is 4.44. The number of benzene rings is 2. The minimum Gasteiger partial charge on any atom is -0.508 e. The van der Waals surface area contributed by atoms with Crippen LogP contribution in [-0.2, 0) is 9.47 Å². The Labute approximate surface area is 188 Å². The molecule has 2 heterocycles. The van der Waals surface area contributed by atoms with Crippen LogP contribution in [-0.4, -0.2) is 39.3 Å². The molecule has 2 N–H and O–H groups in total. The van der Waals surface area contributed by atoms with E-state index in [1.807, 2.05) is 54.1 Å². The number of phenolic OH excluding ortho intramolecular Hbond substituents is 1. The zero-order valence-electron chi connectivity index (χ0n) is 18.1. The third kappa shape index (κ3) is 5.38. The Hall–Kier alpha value is -3.11. The Balaban J connectivity index is 1.46. The highest BCUT2D eigenvalue weighted by Gasteiger charge is 2.22. The SMILES string of the molecule is C[C@H](OC1CCCCO1)c1nccn1[C@@H](C#Cc1ccc(-c2ccc(O)cc2)cc1)CO. The molecule has 1 saturated heterocycles. The zero-order chi connectivity index (χ0) is 22.3. The van der Waals surface area contributed by atoms with Gasteiger partial charge in [0.2, 0.25) is 0 Å². The van der Waals surface area contributed by atoms with Crippen molar-refractivity contribution in [2.75, 3.05) is 13.2 Å². The van der Waals surface area contributed by atoms with E-state index in [4.69, 9.17) is 9.47 Å². The first-order chi connectivity index (χ1) is 15.6. The molecule has 4 rings (SSSR count). The predicted molar refractivity (Wildman–Crippen MR) is 122 cm³/mol. The van der Waals surface area contributed by atoms with E-state index in [1.54, 1.807) is 18.3 Å². The topological polar surface area (TPSA) is 76.7 Å². The van der Waals surface area contributed by atoms with Crippen LogP contribution in [0.15, 0.2) is 60.9 Å². The fourth-order valence-electron chi connectivity index (χ4n) is 3.78. The molecule has 1 aliphatic heterocycles. The van der Waals surface area contributed by atoms with Crippen LogP contribution in [0.3, 0.4) is 0 Å². The van der Waals surface area contributed by atoms with Crippen LogP contribution in [0.1, 0.15) is 49.7 Å². The van der Waals surface area contributed by atoms with Gasteiger partial charge in [0.1, 0.15) is 23.7 Å². The van der Waals surface area contributed by atoms with Gasteiger partial charge in [0.15, 0.2) is 6.29 Å². The molecule has 0 radical (unpaired) electrons. The van der Waals surface area contributed by atoms with Crippen LogP contribution in [0, 0.1) is 11.8 Å². The molecular formula is C26H28N2O4. The van der Waals surface area contributed by atoms with Crippen molar-refractivity contribution >= 4 is 0 Å². The molecule has 3 aromatic rings. The van der Waals surface area contributed by atoms with E-state index < -0.39 is 6.04 Å². The molecule has 3 atom stereocenters. The average molecular weight is 433 g/mol. The van der Waals surface area contributed by atoms with E-state index in [2.05, 4.69) is 16.8 Å². The minimum absolute atomic E-state index is 0.130. The van der Waals surface area contributed by atoms with E-state index in [-0.39, 0.29) is 24.8 Å². The van der Waals surface area contributed by atoms with Gasteiger partial charge in [0.05, 0.1) is 6.61 Å². The van der Waals surface area contributed by atoms with Gasteiger partial charge in [-0.25, -0.2) is 4.98 Å². The molecule has 1 aromatic heterocycles. The lowest BCUT2D eigenvalue weighted by molar-refractivity contribution is -0.188. The average Bonchev–Trinajstić information content (AvgIpc) is 3.31. The lowest BCUT2D eigenvalue weighted by atomic mass is 10.0. The summed E-state index contributed by atoms with van der Waals surface area (Å²) in [5.74, 6) is 7.28. The molecule has 1 unspecified atom stereocenters. The second-order valence-corrected chi connectivity index (χ2v) is 7.86. The first kappa shape index (κ1) is 22.1. The number of aliphatic hydroxyl groups excluding tert-OH is 1. The molecule has 166 valence electrons. The smallest absolute Gasteiger partial charge is 0.158 e. The van der Waals surface area contributed by atoms with Crippen molar-refractivity contribution in [2.24, 2.45) is 0 Å². The van der Waals surface area contributed by atoms with Gasteiger partial charge in [-0.1, -0.05) is 36.1 Å². The number of hydrogen-bond donors (Lipinski definition) is 2. The van der Waals surface area contributed by atoms with Gasteiger partial charge in [0.25, 0.3) is 0 Å². The van der Waals surface area contributed by atoms with Crippen molar-refractivity contribution in [1.82, 2.24) is 9.55 Å². The number of ether oxygens (including phenoxy) is 2. The molecule has 2 aromatic carbocycles. The second kappa shape index (κ2) is 10.5. The van der Waals surface area contributed by atoms with Gasteiger partial charge in [-0.05, 0) is 61.6 Å². The zero-order valence-corrected chi connectivity index (χ0v) is 18.1. The highest BCUT2D eigenvalue weighted by molar-refractivity contribution is 5.65. The fraction of sp³-hybridized carbons (Fsp3) is 0.346. The Morgan fingerprint density at radius 1 is 1.12 bits per heavy atom. The first-order valence-corrected chi connectivity index (χ1v) is 11.0. The van der Waals surface area contributed by atoms with Gasteiger partial charge in [0, 0.05) is 24.6 Å². The maximum absolute atomic E-state index is 9.98. The quantitative estimate of drug-likeness (QED) is 0.563. The van der Waals surface area contributed by atoms with Crippen LogP contribution < -0.4 is 0 Å². The van der Waals surface area contributed by atoms with Gasteiger partial charge in [-0.3, -0.25) is 0 Å². The minimum atomic E-state index is -0.428. The molecule has 0 aliphatic carbocycles. The fourth-order valence-corrected chi connectivity index (χ4v) is 3.78. The molecule has 0 spiro atoms. The van der Waals surface area contributed by atoms with Crippen molar-refractivity contribution in [3.63, 3.8) is 0 Å². The van der Waals surface area contributed by atoms with E-state index in [9.17, 15) is 10.2 Å². The summed E-state index contributed by atoms with van der Waals surface area (Å²) >= 11 is 0. The normalized spacial score (nSPS) is 17.9. The molecule has 6 heteroatoms. The monoisotopic (exact) mass is 432 g/mol. The van der Waals surface area contributed by atoms with Crippen molar-refractivity contribution in [1.29, 1.82) is 0 Å². The van der Waals surface area contributed by atoms with Crippen molar-refractivity contribution in [3.8, 4) is 28.7 Å². The summed E-state index contributed by atoms with van der Waals surface area (Å²) < 4.78 is 13.6. The maximum Gasteiger partial charge on any atom is 0.158 e. The van der Waals surface area contributed by atoms with E-state index >= 15 is 0 Å². The number of imidazole rings is 1.